The molecule has 0 aromatic carbocycles. The van der Waals surface area contributed by atoms with Gasteiger partial charge in [0.05, 0.1) is 10.9 Å². The van der Waals surface area contributed by atoms with E-state index in [2.05, 4.69) is 18.8 Å². The van der Waals surface area contributed by atoms with Gasteiger partial charge in [-0.25, -0.2) is 9.78 Å². The van der Waals surface area contributed by atoms with Gasteiger partial charge in [0.1, 0.15) is 5.65 Å². The Labute approximate surface area is 140 Å². The third-order valence-electron chi connectivity index (χ3n) is 4.33. The molecule has 0 fully saturated rings. The van der Waals surface area contributed by atoms with E-state index in [4.69, 9.17) is 0 Å². The maximum Gasteiger partial charge on any atom is 0.332 e. The Morgan fingerprint density at radius 1 is 1.21 bits per heavy atom. The van der Waals surface area contributed by atoms with Crippen LogP contribution in [0.3, 0.4) is 0 Å². The number of carbonyl (C=O) groups excluding carboxylic acids is 1. The molecule has 0 aliphatic carbocycles. The fraction of sp³-hybridized carbons (Fsp3) is 0.529. The van der Waals surface area contributed by atoms with E-state index in [-0.39, 0.29) is 23.0 Å². The molecule has 0 saturated carbocycles. The minimum absolute atomic E-state index is 0.0798. The monoisotopic (exact) mass is 332 g/mol. The fourth-order valence-corrected chi connectivity index (χ4v) is 2.83. The summed E-state index contributed by atoms with van der Waals surface area (Å²) in [7, 11) is 4.71. The van der Waals surface area contributed by atoms with Crippen molar-refractivity contribution in [1.29, 1.82) is 0 Å². The van der Waals surface area contributed by atoms with Crippen LogP contribution < -0.4 is 11.2 Å². The molecule has 0 saturated heterocycles. The number of rotatable bonds is 4. The molecule has 0 aliphatic heterocycles. The van der Waals surface area contributed by atoms with E-state index >= 15 is 0 Å². The van der Waals surface area contributed by atoms with Crippen LogP contribution in [0.25, 0.3) is 11.0 Å². The summed E-state index contributed by atoms with van der Waals surface area (Å²) in [4.78, 5) is 42.7. The molecule has 7 heteroatoms. The average molecular weight is 332 g/mol. The van der Waals surface area contributed by atoms with Gasteiger partial charge in [0, 0.05) is 33.4 Å². The first-order valence-corrected chi connectivity index (χ1v) is 7.98. The zero-order valence-corrected chi connectivity index (χ0v) is 15.0. The van der Waals surface area contributed by atoms with Crippen molar-refractivity contribution in [2.45, 2.75) is 33.2 Å². The summed E-state index contributed by atoms with van der Waals surface area (Å²) in [6, 6.07) is 1.60. The summed E-state index contributed by atoms with van der Waals surface area (Å²) < 4.78 is 2.32. The van der Waals surface area contributed by atoms with Crippen LogP contribution in [-0.4, -0.2) is 38.0 Å². The molecular weight excluding hydrogens is 308 g/mol. The van der Waals surface area contributed by atoms with Crippen molar-refractivity contribution in [2.75, 3.05) is 7.05 Å². The maximum absolute atomic E-state index is 12.7. The Hall–Kier alpha value is -2.44. The van der Waals surface area contributed by atoms with Gasteiger partial charge in [-0.15, -0.1) is 0 Å². The maximum atomic E-state index is 12.7. The summed E-state index contributed by atoms with van der Waals surface area (Å²) in [5.41, 5.74) is -0.274. The van der Waals surface area contributed by atoms with E-state index in [1.54, 1.807) is 19.0 Å². The van der Waals surface area contributed by atoms with Crippen molar-refractivity contribution in [1.82, 2.24) is 19.0 Å². The Morgan fingerprint density at radius 3 is 2.42 bits per heavy atom. The molecule has 0 N–H and O–H groups in total. The first-order chi connectivity index (χ1) is 11.1. The first kappa shape index (κ1) is 17.9. The van der Waals surface area contributed by atoms with Gasteiger partial charge in [0.2, 0.25) is 0 Å². The minimum Gasteiger partial charge on any atom is -0.339 e. The zero-order valence-electron chi connectivity index (χ0n) is 15.0. The molecule has 7 nitrogen and oxygen atoms in total. The Balaban J connectivity index is 2.50. The number of pyridine rings is 1. The molecule has 0 radical (unpaired) electrons. The van der Waals surface area contributed by atoms with E-state index < -0.39 is 11.2 Å². The predicted octanol–water partition coefficient (Wildman–Crippen LogP) is 1.14. The predicted molar refractivity (Wildman–Crippen MR) is 93.2 cm³/mol. The normalized spacial score (nSPS) is 12.6. The van der Waals surface area contributed by atoms with E-state index in [0.717, 1.165) is 11.0 Å². The molecule has 2 aromatic heterocycles. The number of carbonyl (C=O) groups is 1. The van der Waals surface area contributed by atoms with Gasteiger partial charge < -0.3 is 4.90 Å². The highest BCUT2D eigenvalue weighted by molar-refractivity contribution is 5.96. The summed E-state index contributed by atoms with van der Waals surface area (Å²) in [6.07, 6.45) is 2.31. The topological polar surface area (TPSA) is 77.2 Å². The second-order valence-corrected chi connectivity index (χ2v) is 6.70. The Morgan fingerprint density at radius 2 is 1.83 bits per heavy atom. The summed E-state index contributed by atoms with van der Waals surface area (Å²) in [5, 5.41) is 0.260. The van der Waals surface area contributed by atoms with Gasteiger partial charge in [-0.05, 0) is 25.3 Å². The lowest BCUT2D eigenvalue weighted by molar-refractivity contribution is 0.0728. The molecule has 1 amide bonds. The highest BCUT2D eigenvalue weighted by Gasteiger charge is 2.20. The number of hydrogen-bond acceptors (Lipinski definition) is 4. The van der Waals surface area contributed by atoms with Crippen LogP contribution in [0, 0.1) is 5.92 Å². The SMILES string of the molecule is CC(C)CC(C)N(C)C(=O)c1cnc2c(c1)c(=O)n(C)c(=O)n2C. The van der Waals surface area contributed by atoms with Crippen LogP contribution in [0.15, 0.2) is 21.9 Å². The highest BCUT2D eigenvalue weighted by Crippen LogP contribution is 2.14. The van der Waals surface area contributed by atoms with Crippen molar-refractivity contribution in [3.05, 3.63) is 38.7 Å². The second-order valence-electron chi connectivity index (χ2n) is 6.70. The number of hydrogen-bond donors (Lipinski definition) is 0. The van der Waals surface area contributed by atoms with Gasteiger partial charge in [0.25, 0.3) is 11.5 Å². The molecule has 0 aliphatic rings. The van der Waals surface area contributed by atoms with Gasteiger partial charge in [-0.1, -0.05) is 13.8 Å². The van der Waals surface area contributed by atoms with Crippen LogP contribution in [0.4, 0.5) is 0 Å². The average Bonchev–Trinajstić information content (AvgIpc) is 2.55. The second kappa shape index (κ2) is 6.59. The van der Waals surface area contributed by atoms with E-state index in [9.17, 15) is 14.4 Å². The van der Waals surface area contributed by atoms with Crippen LogP contribution in [0.2, 0.25) is 0 Å². The molecule has 130 valence electrons. The van der Waals surface area contributed by atoms with Crippen molar-refractivity contribution in [3.8, 4) is 0 Å². The third-order valence-corrected chi connectivity index (χ3v) is 4.33. The standard InChI is InChI=1S/C17H24N4O3/c1-10(2)7-11(3)19(4)15(22)12-8-13-14(18-9-12)20(5)17(24)21(6)16(13)23/h8-11H,7H2,1-6H3. The van der Waals surface area contributed by atoms with Gasteiger partial charge in [0.15, 0.2) is 0 Å². The molecule has 0 spiro atoms. The Kier molecular flexibility index (Phi) is 4.91. The van der Waals surface area contributed by atoms with Crippen molar-refractivity contribution >= 4 is 16.9 Å². The van der Waals surface area contributed by atoms with E-state index in [1.807, 2.05) is 6.92 Å². The van der Waals surface area contributed by atoms with Crippen LogP contribution in [-0.2, 0) is 14.1 Å². The zero-order chi connectivity index (χ0) is 18.2. The molecule has 2 rings (SSSR count). The van der Waals surface area contributed by atoms with Crippen LogP contribution >= 0.6 is 0 Å². The van der Waals surface area contributed by atoms with Crippen molar-refractivity contribution in [3.63, 3.8) is 0 Å². The van der Waals surface area contributed by atoms with Gasteiger partial charge in [-0.3, -0.25) is 18.7 Å². The quantitative estimate of drug-likeness (QED) is 0.841. The van der Waals surface area contributed by atoms with Gasteiger partial charge in [-0.2, -0.15) is 0 Å². The number of aryl methyl sites for hydroxylation is 1. The third kappa shape index (κ3) is 3.11. The smallest absolute Gasteiger partial charge is 0.332 e. The highest BCUT2D eigenvalue weighted by atomic mass is 16.2. The summed E-state index contributed by atoms with van der Waals surface area (Å²) >= 11 is 0. The van der Waals surface area contributed by atoms with Crippen molar-refractivity contribution in [2.24, 2.45) is 20.0 Å². The number of amides is 1. The lowest BCUT2D eigenvalue weighted by Crippen LogP contribution is -2.38. The first-order valence-electron chi connectivity index (χ1n) is 7.98. The molecule has 24 heavy (non-hydrogen) atoms. The summed E-state index contributed by atoms with van der Waals surface area (Å²) in [5.74, 6) is 0.292. The van der Waals surface area contributed by atoms with Crippen LogP contribution in [0.1, 0.15) is 37.6 Å². The molecule has 0 bridgehead atoms. The Bertz CT molecular complexity index is 895. The molecule has 1 unspecified atom stereocenters. The lowest BCUT2D eigenvalue weighted by atomic mass is 10.0. The molecule has 2 heterocycles. The summed E-state index contributed by atoms with van der Waals surface area (Å²) in [6.45, 7) is 6.21. The lowest BCUT2D eigenvalue weighted by Gasteiger charge is -2.26. The van der Waals surface area contributed by atoms with Crippen LogP contribution in [0.5, 0.6) is 0 Å². The van der Waals surface area contributed by atoms with E-state index in [0.29, 0.717) is 11.5 Å². The van der Waals surface area contributed by atoms with Crippen molar-refractivity contribution < 1.29 is 4.79 Å². The number of nitrogens with zero attached hydrogens (tertiary/aromatic N) is 4. The largest absolute Gasteiger partial charge is 0.339 e. The minimum atomic E-state index is -0.451. The van der Waals surface area contributed by atoms with Gasteiger partial charge >= 0.3 is 5.69 Å². The fourth-order valence-electron chi connectivity index (χ4n) is 2.83. The van der Waals surface area contributed by atoms with E-state index in [1.165, 1.54) is 23.9 Å². The molecule has 2 aromatic rings. The molecule has 1 atom stereocenters. The number of aromatic nitrogens is 3. The number of fused-ring (bicyclic) bond motifs is 1. The molecular formula is C17H24N4O3.